The molecule has 7 aliphatic rings. The Hall–Kier alpha value is -5.09. The van der Waals surface area contributed by atoms with Crippen molar-refractivity contribution >= 4 is 28.1 Å². The van der Waals surface area contributed by atoms with Crippen LogP contribution in [-0.2, 0) is 0 Å². The largest absolute Gasteiger partial charge is 0.373 e. The number of rotatable bonds is 2. The second-order valence-electron chi connectivity index (χ2n) is 15.2. The fourth-order valence-corrected chi connectivity index (χ4v) is 10.7. The Labute approximate surface area is 294 Å². The van der Waals surface area contributed by atoms with Gasteiger partial charge in [0.05, 0.1) is 40.7 Å². The van der Waals surface area contributed by atoms with Gasteiger partial charge in [0.1, 0.15) is 5.84 Å². The number of aromatic nitrogens is 1. The first-order valence-corrected chi connectivity index (χ1v) is 18.9. The molecule has 11 rings (SSSR count). The quantitative estimate of drug-likeness (QED) is 0.219. The summed E-state index contributed by atoms with van der Waals surface area (Å²) in [7, 11) is 0. The predicted octanol–water partition coefficient (Wildman–Crippen LogP) is 10.8. The van der Waals surface area contributed by atoms with Crippen molar-refractivity contribution in [2.45, 2.75) is 62.6 Å². The molecule has 7 unspecified atom stereocenters. The standard InChI is InChI=1S/C46H42N4/c1-2-16-32(17-3-1)49-39-24-12-8-20-35(39)41-33-18-6-7-19-34(33)42-36-21-9-13-25-40(36)50(45(42)44(41)49)46-43(47-37-22-10-11-23-38(37)48-46)31-27-26-29-14-4-5-15-30(29)28-31/h1-2,5-13,15-16,18-26,30-31,35,39,41,43-44,47H,3-4,14,17,27-28H2. The Balaban J connectivity index is 1.19. The third-order valence-corrected chi connectivity index (χ3v) is 12.7. The van der Waals surface area contributed by atoms with Crippen LogP contribution in [-0.4, -0.2) is 27.4 Å². The lowest BCUT2D eigenvalue weighted by Gasteiger charge is -2.41. The fourth-order valence-electron chi connectivity index (χ4n) is 10.7. The molecule has 3 aromatic carbocycles. The minimum Gasteiger partial charge on any atom is -0.373 e. The van der Waals surface area contributed by atoms with Crippen LogP contribution in [0.1, 0.15) is 61.7 Å². The predicted molar refractivity (Wildman–Crippen MR) is 206 cm³/mol. The van der Waals surface area contributed by atoms with Crippen molar-refractivity contribution in [1.82, 2.24) is 9.47 Å². The zero-order valence-corrected chi connectivity index (χ0v) is 28.3. The summed E-state index contributed by atoms with van der Waals surface area (Å²) in [6.45, 7) is 0. The summed E-state index contributed by atoms with van der Waals surface area (Å²) < 4.78 is 2.65. The lowest BCUT2D eigenvalue weighted by molar-refractivity contribution is 0.257. The number of nitrogens with one attached hydrogen (secondary N) is 1. The zero-order chi connectivity index (χ0) is 32.8. The van der Waals surface area contributed by atoms with E-state index in [4.69, 9.17) is 4.99 Å². The lowest BCUT2D eigenvalue weighted by atomic mass is 9.72. The molecule has 4 heteroatoms. The molecule has 3 heterocycles. The Morgan fingerprint density at radius 2 is 1.66 bits per heavy atom. The van der Waals surface area contributed by atoms with E-state index in [1.807, 2.05) is 0 Å². The van der Waals surface area contributed by atoms with Crippen LogP contribution in [0.5, 0.6) is 0 Å². The number of benzene rings is 3. The minimum absolute atomic E-state index is 0.0855. The number of allylic oxidation sites excluding steroid dienone is 10. The van der Waals surface area contributed by atoms with Crippen molar-refractivity contribution in [2.24, 2.45) is 22.7 Å². The third kappa shape index (κ3) is 4.14. The van der Waals surface area contributed by atoms with Gasteiger partial charge in [0.25, 0.3) is 0 Å². The SMILES string of the molecule is C1=CCCC(N2C3C=CC=CC3C3c4ccccc4-c4c(n(C5=Nc6ccccc6NC5C5CC=C6CCC=CC6C5)c5ccccc45)C32)=C1. The lowest BCUT2D eigenvalue weighted by Crippen LogP contribution is -2.45. The Morgan fingerprint density at radius 1 is 0.800 bits per heavy atom. The monoisotopic (exact) mass is 650 g/mol. The summed E-state index contributed by atoms with van der Waals surface area (Å²) >= 11 is 0. The van der Waals surface area contributed by atoms with Gasteiger partial charge < -0.3 is 10.2 Å². The molecule has 1 N–H and O–H groups in total. The Bertz CT molecular complexity index is 2270. The van der Waals surface area contributed by atoms with Gasteiger partial charge in [-0.05, 0) is 85.8 Å². The van der Waals surface area contributed by atoms with Crippen LogP contribution >= 0.6 is 0 Å². The first-order chi connectivity index (χ1) is 24.8. The zero-order valence-electron chi connectivity index (χ0n) is 28.3. The number of hydrogen-bond donors (Lipinski definition) is 1. The third-order valence-electron chi connectivity index (χ3n) is 12.7. The average Bonchev–Trinajstić information content (AvgIpc) is 3.72. The van der Waals surface area contributed by atoms with Crippen molar-refractivity contribution in [1.29, 1.82) is 0 Å². The number of aliphatic imine (C=N–C) groups is 1. The van der Waals surface area contributed by atoms with Crippen molar-refractivity contribution in [2.75, 3.05) is 5.32 Å². The maximum absolute atomic E-state index is 5.71. The van der Waals surface area contributed by atoms with Crippen LogP contribution < -0.4 is 5.32 Å². The molecular weight excluding hydrogens is 609 g/mol. The highest BCUT2D eigenvalue weighted by molar-refractivity contribution is 6.10. The van der Waals surface area contributed by atoms with E-state index < -0.39 is 0 Å². The van der Waals surface area contributed by atoms with Gasteiger partial charge >= 0.3 is 0 Å². The van der Waals surface area contributed by atoms with Gasteiger partial charge in [-0.25, -0.2) is 4.99 Å². The molecule has 0 radical (unpaired) electrons. The molecular formula is C46H42N4. The smallest absolute Gasteiger partial charge is 0.137 e. The van der Waals surface area contributed by atoms with Crippen molar-refractivity contribution in [3.05, 3.63) is 156 Å². The van der Waals surface area contributed by atoms with Gasteiger partial charge in [-0.15, -0.1) is 0 Å². The van der Waals surface area contributed by atoms with Crippen molar-refractivity contribution in [3.63, 3.8) is 0 Å². The van der Waals surface area contributed by atoms with Crippen LogP contribution in [0.2, 0.25) is 0 Å². The molecule has 0 spiro atoms. The second kappa shape index (κ2) is 11.2. The van der Waals surface area contributed by atoms with E-state index in [0.717, 1.165) is 42.9 Å². The summed E-state index contributed by atoms with van der Waals surface area (Å²) in [5.74, 6) is 2.84. The number of para-hydroxylation sites is 3. The van der Waals surface area contributed by atoms with Crippen LogP contribution in [0.25, 0.3) is 22.0 Å². The summed E-state index contributed by atoms with van der Waals surface area (Å²) in [6, 6.07) is 27.7. The molecule has 0 bridgehead atoms. The molecule has 5 aliphatic carbocycles. The summed E-state index contributed by atoms with van der Waals surface area (Å²) in [4.78, 5) is 8.54. The molecule has 50 heavy (non-hydrogen) atoms. The molecule has 1 saturated heterocycles. The molecule has 0 saturated carbocycles. The number of nitrogens with zero attached hydrogens (tertiary/aromatic N) is 3. The molecule has 4 nitrogen and oxygen atoms in total. The molecule has 7 atom stereocenters. The van der Waals surface area contributed by atoms with Gasteiger partial charge in [-0.3, -0.25) is 4.57 Å². The Morgan fingerprint density at radius 3 is 2.62 bits per heavy atom. The molecule has 0 amide bonds. The van der Waals surface area contributed by atoms with Crippen molar-refractivity contribution < 1.29 is 0 Å². The highest BCUT2D eigenvalue weighted by atomic mass is 15.3. The first kappa shape index (κ1) is 28.7. The van der Waals surface area contributed by atoms with E-state index in [9.17, 15) is 0 Å². The normalized spacial score (nSPS) is 29.9. The molecule has 1 fully saturated rings. The minimum atomic E-state index is 0.0855. The van der Waals surface area contributed by atoms with E-state index in [2.05, 4.69) is 148 Å². The number of likely N-dealkylation sites (tertiary alicyclic amines) is 1. The molecule has 1 aromatic heterocycles. The average molecular weight is 651 g/mol. The maximum atomic E-state index is 5.71. The van der Waals surface area contributed by atoms with Crippen LogP contribution in [0.3, 0.4) is 0 Å². The van der Waals surface area contributed by atoms with Crippen molar-refractivity contribution in [3.8, 4) is 11.1 Å². The second-order valence-corrected chi connectivity index (χ2v) is 15.2. The van der Waals surface area contributed by atoms with E-state index >= 15 is 0 Å². The van der Waals surface area contributed by atoms with Gasteiger partial charge in [0.2, 0.25) is 0 Å². The van der Waals surface area contributed by atoms with Gasteiger partial charge in [0.15, 0.2) is 0 Å². The summed E-state index contributed by atoms with van der Waals surface area (Å²) in [5, 5.41) is 5.44. The van der Waals surface area contributed by atoms with E-state index in [-0.39, 0.29) is 12.1 Å². The van der Waals surface area contributed by atoms with Gasteiger partial charge in [-0.2, -0.15) is 0 Å². The molecule has 246 valence electrons. The van der Waals surface area contributed by atoms with E-state index in [1.165, 1.54) is 51.8 Å². The molecule has 4 aromatic rings. The van der Waals surface area contributed by atoms with Gasteiger partial charge in [-0.1, -0.05) is 115 Å². The number of fused-ring (bicyclic) bond motifs is 12. The highest BCUT2D eigenvalue weighted by Gasteiger charge is 2.54. The maximum Gasteiger partial charge on any atom is 0.137 e. The van der Waals surface area contributed by atoms with Crippen LogP contribution in [0.15, 0.2) is 150 Å². The highest BCUT2D eigenvalue weighted by Crippen LogP contribution is 2.62. The number of hydrogen-bond acceptors (Lipinski definition) is 3. The fraction of sp³-hybridized carbons (Fsp3) is 0.283. The Kier molecular flexibility index (Phi) is 6.44. The topological polar surface area (TPSA) is 32.6 Å². The number of anilines is 1. The molecule has 2 aliphatic heterocycles. The van der Waals surface area contributed by atoms with E-state index in [0.29, 0.717) is 29.7 Å². The summed E-state index contributed by atoms with van der Waals surface area (Å²) in [6.07, 6.45) is 30.8. The first-order valence-electron chi connectivity index (χ1n) is 18.9. The van der Waals surface area contributed by atoms with Crippen LogP contribution in [0.4, 0.5) is 11.4 Å². The van der Waals surface area contributed by atoms with E-state index in [1.54, 1.807) is 5.57 Å². The van der Waals surface area contributed by atoms with Gasteiger partial charge in [0, 0.05) is 28.5 Å². The van der Waals surface area contributed by atoms with Crippen LogP contribution in [0, 0.1) is 17.8 Å². The summed E-state index contributed by atoms with van der Waals surface area (Å²) in [5.41, 5.74) is 12.2.